The lowest BCUT2D eigenvalue weighted by Gasteiger charge is -2.19. The number of allylic oxidation sites excluding steroid dienone is 1. The highest BCUT2D eigenvalue weighted by molar-refractivity contribution is 7.98. The summed E-state index contributed by atoms with van der Waals surface area (Å²) in [4.78, 5) is 0. The third-order valence-corrected chi connectivity index (χ3v) is 3.04. The van der Waals surface area contributed by atoms with Crippen LogP contribution in [-0.4, -0.2) is 31.2 Å². The molecule has 0 aromatic heterocycles. The van der Waals surface area contributed by atoms with Crippen LogP contribution in [0.4, 0.5) is 0 Å². The van der Waals surface area contributed by atoms with Crippen molar-refractivity contribution in [1.82, 2.24) is 5.32 Å². The Morgan fingerprint density at radius 2 is 2.43 bits per heavy atom. The fraction of sp³-hybridized carbons (Fsp3) is 0.818. The van der Waals surface area contributed by atoms with E-state index in [1.807, 2.05) is 18.0 Å². The Morgan fingerprint density at radius 1 is 1.50 bits per heavy atom. The Hall–Kier alpha value is -0.150. The second-order valence-electron chi connectivity index (χ2n) is 3.61. The zero-order chi connectivity index (χ0) is 10.1. The summed E-state index contributed by atoms with van der Waals surface area (Å²) in [5.41, 5.74) is 0. The minimum absolute atomic E-state index is 0.403. The molecule has 0 fully saturated rings. The van der Waals surface area contributed by atoms with Gasteiger partial charge in [-0.3, -0.25) is 0 Å². The second kappa shape index (κ2) is 8.18. The van der Waals surface area contributed by atoms with Crippen molar-refractivity contribution < 1.29 is 4.74 Å². The molecule has 0 aromatic rings. The topological polar surface area (TPSA) is 21.3 Å². The van der Waals surface area contributed by atoms with Crippen molar-refractivity contribution in [3.63, 3.8) is 0 Å². The summed E-state index contributed by atoms with van der Waals surface area (Å²) in [6, 6.07) is 0. The van der Waals surface area contributed by atoms with Gasteiger partial charge in [0.1, 0.15) is 6.10 Å². The lowest BCUT2D eigenvalue weighted by Crippen LogP contribution is -2.29. The molecule has 1 rings (SSSR count). The molecule has 0 saturated heterocycles. The van der Waals surface area contributed by atoms with Gasteiger partial charge in [0.05, 0.1) is 6.26 Å². The highest BCUT2D eigenvalue weighted by Crippen LogP contribution is 2.08. The minimum Gasteiger partial charge on any atom is -0.497 e. The largest absolute Gasteiger partial charge is 0.497 e. The van der Waals surface area contributed by atoms with Crippen LogP contribution in [0.2, 0.25) is 0 Å². The average molecular weight is 215 g/mol. The number of hydrogen-bond acceptors (Lipinski definition) is 3. The van der Waals surface area contributed by atoms with Crippen molar-refractivity contribution in [3.05, 3.63) is 12.3 Å². The van der Waals surface area contributed by atoms with Crippen LogP contribution in [-0.2, 0) is 4.74 Å². The van der Waals surface area contributed by atoms with Crippen LogP contribution >= 0.6 is 11.8 Å². The van der Waals surface area contributed by atoms with Crippen LogP contribution in [0.1, 0.15) is 25.7 Å². The summed E-state index contributed by atoms with van der Waals surface area (Å²) in [7, 11) is 0. The first-order valence-corrected chi connectivity index (χ1v) is 6.83. The molecular weight excluding hydrogens is 194 g/mol. The van der Waals surface area contributed by atoms with Crippen LogP contribution in [0.15, 0.2) is 12.3 Å². The Balaban J connectivity index is 1.86. The van der Waals surface area contributed by atoms with Crippen molar-refractivity contribution in [1.29, 1.82) is 0 Å². The molecule has 0 spiro atoms. The molecule has 82 valence electrons. The summed E-state index contributed by atoms with van der Waals surface area (Å²) >= 11 is 1.93. The van der Waals surface area contributed by atoms with Gasteiger partial charge in [0, 0.05) is 6.54 Å². The zero-order valence-corrected chi connectivity index (χ0v) is 9.81. The quantitative estimate of drug-likeness (QED) is 0.659. The van der Waals surface area contributed by atoms with E-state index >= 15 is 0 Å². The number of unbranched alkanes of at least 4 members (excludes halogenated alkanes) is 1. The lowest BCUT2D eigenvalue weighted by atomic mass is 10.1. The molecule has 2 nitrogen and oxygen atoms in total. The van der Waals surface area contributed by atoms with Gasteiger partial charge in [-0.15, -0.1) is 0 Å². The van der Waals surface area contributed by atoms with Gasteiger partial charge in [0.15, 0.2) is 0 Å². The molecule has 1 N–H and O–H groups in total. The van der Waals surface area contributed by atoms with Gasteiger partial charge in [-0.25, -0.2) is 0 Å². The Kier molecular flexibility index (Phi) is 6.97. The molecule has 14 heavy (non-hydrogen) atoms. The smallest absolute Gasteiger partial charge is 0.110 e. The first-order chi connectivity index (χ1) is 6.93. The first kappa shape index (κ1) is 11.9. The van der Waals surface area contributed by atoms with E-state index in [0.29, 0.717) is 6.10 Å². The van der Waals surface area contributed by atoms with Crippen LogP contribution in [0.25, 0.3) is 0 Å². The van der Waals surface area contributed by atoms with Gasteiger partial charge in [-0.2, -0.15) is 11.8 Å². The van der Waals surface area contributed by atoms with Crippen molar-refractivity contribution in [2.24, 2.45) is 0 Å². The molecule has 3 heteroatoms. The molecule has 0 amide bonds. The molecule has 0 bridgehead atoms. The van der Waals surface area contributed by atoms with Crippen molar-refractivity contribution in [2.45, 2.75) is 31.8 Å². The SMILES string of the molecule is CSCCCCNCC1CCC=CO1. The number of ether oxygens (including phenoxy) is 1. The maximum atomic E-state index is 5.46. The highest BCUT2D eigenvalue weighted by atomic mass is 32.2. The summed E-state index contributed by atoms with van der Waals surface area (Å²) in [6.45, 7) is 2.13. The molecule has 1 aliphatic rings. The third kappa shape index (κ3) is 5.55. The molecule has 1 atom stereocenters. The maximum Gasteiger partial charge on any atom is 0.110 e. The van der Waals surface area contributed by atoms with E-state index in [4.69, 9.17) is 4.74 Å². The Morgan fingerprint density at radius 3 is 3.14 bits per heavy atom. The maximum absolute atomic E-state index is 5.46. The molecule has 0 radical (unpaired) electrons. The minimum atomic E-state index is 0.403. The molecule has 1 heterocycles. The van der Waals surface area contributed by atoms with E-state index in [1.165, 1.54) is 25.0 Å². The zero-order valence-electron chi connectivity index (χ0n) is 9.00. The van der Waals surface area contributed by atoms with Crippen molar-refractivity contribution >= 4 is 11.8 Å². The van der Waals surface area contributed by atoms with E-state index in [1.54, 1.807) is 0 Å². The molecule has 0 saturated carbocycles. The summed E-state index contributed by atoms with van der Waals surface area (Å²) in [5.74, 6) is 1.28. The third-order valence-electron chi connectivity index (χ3n) is 2.35. The molecule has 1 aliphatic heterocycles. The van der Waals surface area contributed by atoms with E-state index < -0.39 is 0 Å². The lowest BCUT2D eigenvalue weighted by molar-refractivity contribution is 0.122. The van der Waals surface area contributed by atoms with Gasteiger partial charge in [-0.05, 0) is 50.3 Å². The molecule has 0 aliphatic carbocycles. The Bertz CT molecular complexity index is 161. The van der Waals surface area contributed by atoms with E-state index in [9.17, 15) is 0 Å². The number of thioether (sulfide) groups is 1. The van der Waals surface area contributed by atoms with E-state index in [0.717, 1.165) is 19.5 Å². The molecular formula is C11H21NOS. The summed E-state index contributed by atoms with van der Waals surface area (Å²) in [5, 5.41) is 3.45. The van der Waals surface area contributed by atoms with Crippen molar-refractivity contribution in [2.75, 3.05) is 25.1 Å². The average Bonchev–Trinajstić information content (AvgIpc) is 2.25. The van der Waals surface area contributed by atoms with Gasteiger partial charge >= 0.3 is 0 Å². The van der Waals surface area contributed by atoms with E-state index in [2.05, 4.69) is 17.6 Å². The predicted molar refractivity (Wildman–Crippen MR) is 63.7 cm³/mol. The number of nitrogens with one attached hydrogen (secondary N) is 1. The predicted octanol–water partition coefficient (Wildman–Crippen LogP) is 2.41. The van der Waals surface area contributed by atoms with Gasteiger partial charge in [0.25, 0.3) is 0 Å². The van der Waals surface area contributed by atoms with Gasteiger partial charge in [0.2, 0.25) is 0 Å². The van der Waals surface area contributed by atoms with E-state index in [-0.39, 0.29) is 0 Å². The van der Waals surface area contributed by atoms with Crippen LogP contribution in [0.5, 0.6) is 0 Å². The second-order valence-corrected chi connectivity index (χ2v) is 4.60. The Labute approximate surface area is 91.5 Å². The van der Waals surface area contributed by atoms with Crippen LogP contribution in [0.3, 0.4) is 0 Å². The molecule has 0 aromatic carbocycles. The van der Waals surface area contributed by atoms with Gasteiger partial charge < -0.3 is 10.1 Å². The van der Waals surface area contributed by atoms with Gasteiger partial charge in [-0.1, -0.05) is 0 Å². The van der Waals surface area contributed by atoms with Crippen LogP contribution in [0, 0.1) is 0 Å². The standard InChI is InChI=1S/C11H21NOS/c1-14-9-5-3-7-12-10-11-6-2-4-8-13-11/h4,8,11-12H,2-3,5-7,9-10H2,1H3. The van der Waals surface area contributed by atoms with Crippen molar-refractivity contribution in [3.8, 4) is 0 Å². The fourth-order valence-electron chi connectivity index (χ4n) is 1.49. The molecule has 1 unspecified atom stereocenters. The number of hydrogen-bond donors (Lipinski definition) is 1. The summed E-state index contributed by atoms with van der Waals surface area (Å²) < 4.78 is 5.46. The summed E-state index contributed by atoms with van der Waals surface area (Å²) in [6.07, 6.45) is 11.4. The number of rotatable bonds is 7. The normalized spacial score (nSPS) is 20.8. The highest BCUT2D eigenvalue weighted by Gasteiger charge is 2.09. The first-order valence-electron chi connectivity index (χ1n) is 5.43. The fourth-order valence-corrected chi connectivity index (χ4v) is 1.99. The monoisotopic (exact) mass is 215 g/mol. The van der Waals surface area contributed by atoms with Crippen LogP contribution < -0.4 is 5.32 Å².